The van der Waals surface area contributed by atoms with Crippen molar-refractivity contribution in [1.29, 1.82) is 0 Å². The fraction of sp³-hybridized carbons (Fsp3) is 0.381. The van der Waals surface area contributed by atoms with Gasteiger partial charge in [-0.05, 0) is 44.4 Å². The zero-order valence-electron chi connectivity index (χ0n) is 15.5. The van der Waals surface area contributed by atoms with E-state index in [0.717, 1.165) is 30.5 Å². The Morgan fingerprint density at radius 2 is 1.70 bits per heavy atom. The van der Waals surface area contributed by atoms with Gasteiger partial charge in [-0.25, -0.2) is 8.78 Å². The summed E-state index contributed by atoms with van der Waals surface area (Å²) in [6, 6.07) is 11.7. The summed E-state index contributed by atoms with van der Waals surface area (Å²) in [7, 11) is 0. The van der Waals surface area contributed by atoms with Crippen LogP contribution in [0.3, 0.4) is 0 Å². The number of piperidine rings is 1. The fourth-order valence-corrected chi connectivity index (χ4v) is 3.52. The van der Waals surface area contributed by atoms with Crippen molar-refractivity contribution in [3.8, 4) is 5.75 Å². The Morgan fingerprint density at radius 3 is 2.30 bits per heavy atom. The van der Waals surface area contributed by atoms with Gasteiger partial charge in [0.15, 0.2) is 17.4 Å². The molecule has 1 aliphatic rings. The Bertz CT molecular complexity index is 765. The van der Waals surface area contributed by atoms with Gasteiger partial charge < -0.3 is 15.4 Å². The van der Waals surface area contributed by atoms with Crippen LogP contribution in [0.5, 0.6) is 5.75 Å². The van der Waals surface area contributed by atoms with Crippen LogP contribution in [0.1, 0.15) is 42.6 Å². The van der Waals surface area contributed by atoms with Crippen molar-refractivity contribution in [1.82, 2.24) is 10.6 Å². The second-order valence-corrected chi connectivity index (χ2v) is 7.15. The topological polar surface area (TPSA) is 50.4 Å². The summed E-state index contributed by atoms with van der Waals surface area (Å²) in [5.41, 5.74) is 0.753. The van der Waals surface area contributed by atoms with E-state index in [-0.39, 0.29) is 30.3 Å². The SMILES string of the molecule is CC1CC(NC(=O)c2cc(F)c(OCc3ccccc3)c(F)c2)CC(C)N1. The van der Waals surface area contributed by atoms with E-state index in [1.165, 1.54) is 0 Å². The molecule has 0 aromatic heterocycles. The van der Waals surface area contributed by atoms with Crippen molar-refractivity contribution in [2.75, 3.05) is 0 Å². The second-order valence-electron chi connectivity index (χ2n) is 7.15. The van der Waals surface area contributed by atoms with Crippen LogP contribution in [0.2, 0.25) is 0 Å². The van der Waals surface area contributed by atoms with Crippen LogP contribution in [0.25, 0.3) is 0 Å². The molecule has 0 aliphatic carbocycles. The smallest absolute Gasteiger partial charge is 0.251 e. The minimum atomic E-state index is -0.886. The number of halogens is 2. The number of hydrogen-bond acceptors (Lipinski definition) is 3. The van der Waals surface area contributed by atoms with Crippen molar-refractivity contribution < 1.29 is 18.3 Å². The third kappa shape index (κ3) is 5.04. The summed E-state index contributed by atoms with van der Waals surface area (Å²) in [6.07, 6.45) is 1.55. The first kappa shape index (κ1) is 19.3. The first-order chi connectivity index (χ1) is 12.9. The highest BCUT2D eigenvalue weighted by molar-refractivity contribution is 5.94. The first-order valence-corrected chi connectivity index (χ1v) is 9.15. The lowest BCUT2D eigenvalue weighted by Gasteiger charge is -2.33. The second kappa shape index (κ2) is 8.48. The molecule has 1 fully saturated rings. The number of rotatable bonds is 5. The number of amides is 1. The predicted octanol–water partition coefficient (Wildman–Crippen LogP) is 3.80. The van der Waals surface area contributed by atoms with Gasteiger partial charge in [-0.15, -0.1) is 0 Å². The zero-order chi connectivity index (χ0) is 19.4. The number of carbonyl (C=O) groups is 1. The number of benzene rings is 2. The summed E-state index contributed by atoms with van der Waals surface area (Å²) in [5, 5.41) is 6.26. The normalized spacial score (nSPS) is 22.3. The molecular formula is C21H24F2N2O2. The molecule has 2 unspecified atom stereocenters. The Hall–Kier alpha value is -2.47. The molecule has 1 heterocycles. The maximum atomic E-state index is 14.3. The molecule has 2 aromatic carbocycles. The quantitative estimate of drug-likeness (QED) is 0.837. The number of hydrogen-bond donors (Lipinski definition) is 2. The maximum absolute atomic E-state index is 14.3. The molecule has 1 aliphatic heterocycles. The monoisotopic (exact) mass is 374 g/mol. The van der Waals surface area contributed by atoms with Crippen LogP contribution >= 0.6 is 0 Å². The average Bonchev–Trinajstić information content (AvgIpc) is 2.60. The fourth-order valence-electron chi connectivity index (χ4n) is 3.52. The van der Waals surface area contributed by atoms with Crippen LogP contribution < -0.4 is 15.4 Å². The molecule has 1 saturated heterocycles. The lowest BCUT2D eigenvalue weighted by molar-refractivity contribution is 0.0919. The van der Waals surface area contributed by atoms with Gasteiger partial charge >= 0.3 is 0 Å². The highest BCUT2D eigenvalue weighted by Crippen LogP contribution is 2.25. The van der Waals surface area contributed by atoms with Crippen LogP contribution in [0, 0.1) is 11.6 Å². The molecule has 0 spiro atoms. The largest absolute Gasteiger partial charge is 0.483 e. The van der Waals surface area contributed by atoms with E-state index in [1.54, 1.807) is 12.1 Å². The maximum Gasteiger partial charge on any atom is 0.251 e. The highest BCUT2D eigenvalue weighted by atomic mass is 19.1. The van der Waals surface area contributed by atoms with Crippen LogP contribution in [-0.4, -0.2) is 24.0 Å². The summed E-state index contributed by atoms with van der Waals surface area (Å²) >= 11 is 0. The Balaban J connectivity index is 1.67. The van der Waals surface area contributed by atoms with E-state index >= 15 is 0 Å². The van der Waals surface area contributed by atoms with Crippen molar-refractivity contribution in [3.63, 3.8) is 0 Å². The van der Waals surface area contributed by atoms with Crippen molar-refractivity contribution in [3.05, 3.63) is 65.2 Å². The van der Waals surface area contributed by atoms with E-state index in [9.17, 15) is 13.6 Å². The summed E-state index contributed by atoms with van der Waals surface area (Å²) in [5.74, 6) is -2.72. The third-order valence-electron chi connectivity index (χ3n) is 4.67. The highest BCUT2D eigenvalue weighted by Gasteiger charge is 2.25. The van der Waals surface area contributed by atoms with Gasteiger partial charge in [0.1, 0.15) is 6.61 Å². The summed E-state index contributed by atoms with van der Waals surface area (Å²) < 4.78 is 33.9. The molecule has 2 N–H and O–H groups in total. The van der Waals surface area contributed by atoms with Crippen LogP contribution in [-0.2, 0) is 6.61 Å². The third-order valence-corrected chi connectivity index (χ3v) is 4.67. The van der Waals surface area contributed by atoms with E-state index < -0.39 is 23.3 Å². The van der Waals surface area contributed by atoms with Crippen molar-refractivity contribution in [2.45, 2.75) is 51.4 Å². The minimum Gasteiger partial charge on any atom is -0.483 e. The number of ether oxygens (including phenoxy) is 1. The van der Waals surface area contributed by atoms with E-state index in [2.05, 4.69) is 10.6 Å². The van der Waals surface area contributed by atoms with Gasteiger partial charge in [0, 0.05) is 23.7 Å². The average molecular weight is 374 g/mol. The van der Waals surface area contributed by atoms with Gasteiger partial charge in [-0.3, -0.25) is 4.79 Å². The zero-order valence-corrected chi connectivity index (χ0v) is 15.5. The van der Waals surface area contributed by atoms with Gasteiger partial charge in [-0.2, -0.15) is 0 Å². The number of nitrogens with one attached hydrogen (secondary N) is 2. The standard InChI is InChI=1S/C21H24F2N2O2/c1-13-8-17(9-14(2)24-13)25-21(26)16-10-18(22)20(19(23)11-16)27-12-15-6-4-3-5-7-15/h3-7,10-11,13-14,17,24H,8-9,12H2,1-2H3,(H,25,26). The van der Waals surface area contributed by atoms with Gasteiger partial charge in [-0.1, -0.05) is 30.3 Å². The summed E-state index contributed by atoms with van der Waals surface area (Å²) in [4.78, 5) is 12.4. The molecule has 0 bridgehead atoms. The molecule has 0 saturated carbocycles. The Kier molecular flexibility index (Phi) is 6.06. The molecule has 2 aromatic rings. The summed E-state index contributed by atoms with van der Waals surface area (Å²) in [6.45, 7) is 4.14. The number of carbonyl (C=O) groups excluding carboxylic acids is 1. The van der Waals surface area contributed by atoms with Crippen LogP contribution in [0.15, 0.2) is 42.5 Å². The lowest BCUT2D eigenvalue weighted by Crippen LogP contribution is -2.50. The Labute approximate surface area is 157 Å². The first-order valence-electron chi connectivity index (χ1n) is 9.15. The lowest BCUT2D eigenvalue weighted by atomic mass is 9.95. The van der Waals surface area contributed by atoms with Crippen molar-refractivity contribution in [2.24, 2.45) is 0 Å². The Morgan fingerprint density at radius 1 is 1.11 bits per heavy atom. The minimum absolute atomic E-state index is 0.0242. The van der Waals surface area contributed by atoms with Crippen molar-refractivity contribution >= 4 is 5.91 Å². The molecule has 0 radical (unpaired) electrons. The molecule has 27 heavy (non-hydrogen) atoms. The molecule has 4 nitrogen and oxygen atoms in total. The van der Waals surface area contributed by atoms with Gasteiger partial charge in [0.25, 0.3) is 5.91 Å². The molecule has 1 amide bonds. The predicted molar refractivity (Wildman–Crippen MR) is 99.7 cm³/mol. The van der Waals surface area contributed by atoms with E-state index in [0.29, 0.717) is 0 Å². The van der Waals surface area contributed by atoms with Crippen LogP contribution in [0.4, 0.5) is 8.78 Å². The van der Waals surface area contributed by atoms with Gasteiger partial charge in [0.2, 0.25) is 0 Å². The molecule has 6 heteroatoms. The molecule has 3 rings (SSSR count). The van der Waals surface area contributed by atoms with Gasteiger partial charge in [0.05, 0.1) is 0 Å². The molecule has 2 atom stereocenters. The van der Waals surface area contributed by atoms with E-state index in [1.807, 2.05) is 32.0 Å². The molecule has 144 valence electrons. The molecular weight excluding hydrogens is 350 g/mol. The van der Waals surface area contributed by atoms with E-state index in [4.69, 9.17) is 4.74 Å².